The third kappa shape index (κ3) is 2.18. The van der Waals surface area contributed by atoms with Crippen LogP contribution in [0, 0.1) is 6.92 Å². The highest BCUT2D eigenvalue weighted by Crippen LogP contribution is 2.36. The number of nitrogens with zero attached hydrogens (tertiary/aromatic N) is 1. The van der Waals surface area contributed by atoms with Gasteiger partial charge in [0.05, 0.1) is 28.8 Å². The molecule has 0 saturated heterocycles. The Balaban J connectivity index is 2.35. The second kappa shape index (κ2) is 5.17. The van der Waals surface area contributed by atoms with Gasteiger partial charge in [-0.05, 0) is 30.7 Å². The number of amides is 1. The van der Waals surface area contributed by atoms with E-state index < -0.39 is 21.7 Å². The van der Waals surface area contributed by atoms with Crippen molar-refractivity contribution >= 4 is 27.4 Å². The Morgan fingerprint density at radius 1 is 1.22 bits per heavy atom. The van der Waals surface area contributed by atoms with E-state index in [4.69, 9.17) is 0 Å². The number of carbonyl (C=O) groups excluding carboxylic acids is 2. The van der Waals surface area contributed by atoms with Gasteiger partial charge in [0.25, 0.3) is 5.91 Å². The highest BCUT2D eigenvalue weighted by Gasteiger charge is 2.33. The zero-order chi connectivity index (χ0) is 16.8. The van der Waals surface area contributed by atoms with Crippen molar-refractivity contribution in [3.8, 4) is 0 Å². The maximum atomic E-state index is 12.8. The van der Waals surface area contributed by atoms with Crippen molar-refractivity contribution in [3.05, 3.63) is 47.3 Å². The first-order valence-electron chi connectivity index (χ1n) is 6.60. The van der Waals surface area contributed by atoms with Gasteiger partial charge in [0.1, 0.15) is 4.90 Å². The van der Waals surface area contributed by atoms with Crippen LogP contribution >= 0.6 is 0 Å². The molecule has 1 N–H and O–H groups in total. The second-order valence-corrected chi connectivity index (χ2v) is 6.82. The van der Waals surface area contributed by atoms with Gasteiger partial charge in [-0.25, -0.2) is 13.2 Å². The predicted molar refractivity (Wildman–Crippen MR) is 80.2 cm³/mol. The number of rotatable bonds is 1. The van der Waals surface area contributed by atoms with E-state index in [0.717, 1.165) is 6.20 Å². The van der Waals surface area contributed by atoms with Crippen molar-refractivity contribution in [1.29, 1.82) is 0 Å². The molecule has 1 amide bonds. The average molecular weight is 332 g/mol. The minimum absolute atomic E-state index is 0.00946. The van der Waals surface area contributed by atoms with Gasteiger partial charge in [0.2, 0.25) is 9.84 Å². The van der Waals surface area contributed by atoms with E-state index in [1.807, 2.05) is 0 Å². The van der Waals surface area contributed by atoms with Crippen LogP contribution in [0.1, 0.15) is 26.3 Å². The molecule has 2 heterocycles. The van der Waals surface area contributed by atoms with Crippen LogP contribution in [0.25, 0.3) is 0 Å². The fraction of sp³-hybridized carbons (Fsp3) is 0.133. The largest absolute Gasteiger partial charge is 0.465 e. The predicted octanol–water partition coefficient (Wildman–Crippen LogP) is 1.58. The molecule has 8 heteroatoms. The summed E-state index contributed by atoms with van der Waals surface area (Å²) in [5.41, 5.74) is 0.599. The number of hydrogen-bond donors (Lipinski definition) is 1. The maximum Gasteiger partial charge on any atom is 0.338 e. The summed E-state index contributed by atoms with van der Waals surface area (Å²) in [6.45, 7) is 1.55. The van der Waals surface area contributed by atoms with Crippen LogP contribution in [0.4, 0.5) is 5.69 Å². The molecule has 0 saturated carbocycles. The SMILES string of the molecule is COC(=O)c1ccc2c(c1C)NC(=O)c1ccncc1S2(=O)=O. The molecule has 3 rings (SSSR count). The number of sulfone groups is 1. The first-order chi connectivity index (χ1) is 10.9. The monoisotopic (exact) mass is 332 g/mol. The molecule has 1 aromatic heterocycles. The van der Waals surface area contributed by atoms with Gasteiger partial charge in [-0.15, -0.1) is 0 Å². The molecule has 1 aromatic carbocycles. The molecule has 23 heavy (non-hydrogen) atoms. The summed E-state index contributed by atoms with van der Waals surface area (Å²) in [7, 11) is -2.71. The van der Waals surface area contributed by atoms with E-state index in [1.54, 1.807) is 6.92 Å². The summed E-state index contributed by atoms with van der Waals surface area (Å²) in [6, 6.07) is 3.99. The van der Waals surface area contributed by atoms with Gasteiger partial charge >= 0.3 is 5.97 Å². The Morgan fingerprint density at radius 2 is 1.96 bits per heavy atom. The lowest BCUT2D eigenvalue weighted by Gasteiger charge is -2.13. The average Bonchev–Trinajstić information content (AvgIpc) is 2.63. The Labute approximate surface area is 132 Å². The Morgan fingerprint density at radius 3 is 2.65 bits per heavy atom. The molecule has 2 aromatic rings. The molecule has 0 fully saturated rings. The number of nitrogens with one attached hydrogen (secondary N) is 1. The van der Waals surface area contributed by atoms with Crippen molar-refractivity contribution in [3.63, 3.8) is 0 Å². The van der Waals surface area contributed by atoms with E-state index >= 15 is 0 Å². The molecule has 0 atom stereocenters. The topological polar surface area (TPSA) is 102 Å². The van der Waals surface area contributed by atoms with Crippen molar-refractivity contribution in [1.82, 2.24) is 4.98 Å². The van der Waals surface area contributed by atoms with Crippen molar-refractivity contribution < 1.29 is 22.7 Å². The van der Waals surface area contributed by atoms with Gasteiger partial charge in [0.15, 0.2) is 0 Å². The molecule has 7 nitrogen and oxygen atoms in total. The van der Waals surface area contributed by atoms with E-state index in [2.05, 4.69) is 15.0 Å². The summed E-state index contributed by atoms with van der Waals surface area (Å²) in [5.74, 6) is -1.18. The van der Waals surface area contributed by atoms with Crippen LogP contribution < -0.4 is 5.32 Å². The number of anilines is 1. The Bertz CT molecular complexity index is 950. The van der Waals surface area contributed by atoms with Gasteiger partial charge in [-0.1, -0.05) is 0 Å². The van der Waals surface area contributed by atoms with Gasteiger partial charge in [0, 0.05) is 12.4 Å². The summed E-state index contributed by atoms with van der Waals surface area (Å²) >= 11 is 0. The van der Waals surface area contributed by atoms with Crippen LogP contribution in [0.2, 0.25) is 0 Å². The number of fused-ring (bicyclic) bond motifs is 2. The lowest BCUT2D eigenvalue weighted by molar-refractivity contribution is 0.0599. The minimum Gasteiger partial charge on any atom is -0.465 e. The van der Waals surface area contributed by atoms with Crippen LogP contribution in [-0.4, -0.2) is 32.4 Å². The highest BCUT2D eigenvalue weighted by molar-refractivity contribution is 7.91. The molecule has 118 valence electrons. The third-order valence-electron chi connectivity index (χ3n) is 3.68. The first kappa shape index (κ1) is 15.2. The highest BCUT2D eigenvalue weighted by atomic mass is 32.2. The van der Waals surface area contributed by atoms with E-state index in [1.165, 1.54) is 31.5 Å². The van der Waals surface area contributed by atoms with Gasteiger partial charge in [-0.2, -0.15) is 0 Å². The zero-order valence-corrected chi connectivity index (χ0v) is 13.1. The van der Waals surface area contributed by atoms with Crippen LogP contribution in [0.3, 0.4) is 0 Å². The number of aromatic nitrogens is 1. The number of ether oxygens (including phenoxy) is 1. The second-order valence-electron chi connectivity index (χ2n) is 4.93. The molecule has 0 radical (unpaired) electrons. The van der Waals surface area contributed by atoms with Crippen molar-refractivity contribution in [2.75, 3.05) is 12.4 Å². The zero-order valence-electron chi connectivity index (χ0n) is 12.3. The molecular weight excluding hydrogens is 320 g/mol. The van der Waals surface area contributed by atoms with Crippen LogP contribution in [-0.2, 0) is 14.6 Å². The summed E-state index contributed by atoms with van der Waals surface area (Å²) in [4.78, 5) is 27.7. The molecule has 0 spiro atoms. The van der Waals surface area contributed by atoms with E-state index in [-0.39, 0.29) is 26.6 Å². The fourth-order valence-electron chi connectivity index (χ4n) is 2.48. The Kier molecular flexibility index (Phi) is 3.41. The smallest absolute Gasteiger partial charge is 0.338 e. The van der Waals surface area contributed by atoms with Crippen molar-refractivity contribution in [2.45, 2.75) is 16.7 Å². The lowest BCUT2D eigenvalue weighted by atomic mass is 10.1. The minimum atomic E-state index is -3.94. The number of hydrogen-bond acceptors (Lipinski definition) is 6. The first-order valence-corrected chi connectivity index (χ1v) is 8.08. The normalized spacial score (nSPS) is 15.0. The number of benzene rings is 1. The number of pyridine rings is 1. The molecular formula is C15H12N2O5S. The van der Waals surface area contributed by atoms with Crippen LogP contribution in [0.15, 0.2) is 40.4 Å². The fourth-order valence-corrected chi connectivity index (χ4v) is 4.09. The quantitative estimate of drug-likeness (QED) is 0.795. The number of methoxy groups -OCH3 is 1. The molecule has 0 bridgehead atoms. The van der Waals surface area contributed by atoms with E-state index in [9.17, 15) is 18.0 Å². The van der Waals surface area contributed by atoms with Crippen LogP contribution in [0.5, 0.6) is 0 Å². The number of esters is 1. The molecule has 1 aliphatic heterocycles. The Hall–Kier alpha value is -2.74. The molecule has 0 unspecified atom stereocenters. The standard InChI is InChI=1S/C15H12N2O5S/c1-8-9(15(19)22-2)3-4-11-13(8)17-14(18)10-5-6-16-7-12(10)23(11,20)21/h3-7H,1-2H3,(H,17,18). The summed E-state index contributed by atoms with van der Waals surface area (Å²) < 4.78 is 30.3. The van der Waals surface area contributed by atoms with Gasteiger partial charge < -0.3 is 10.1 Å². The molecule has 1 aliphatic rings. The number of carbonyl (C=O) groups is 2. The summed E-state index contributed by atoms with van der Waals surface area (Å²) in [6.07, 6.45) is 2.49. The maximum absolute atomic E-state index is 12.8. The van der Waals surface area contributed by atoms with Crippen molar-refractivity contribution in [2.24, 2.45) is 0 Å². The van der Waals surface area contributed by atoms with E-state index in [0.29, 0.717) is 5.56 Å². The lowest BCUT2D eigenvalue weighted by Crippen LogP contribution is -2.14. The summed E-state index contributed by atoms with van der Waals surface area (Å²) in [5, 5.41) is 2.57. The molecule has 0 aliphatic carbocycles. The van der Waals surface area contributed by atoms with Gasteiger partial charge in [-0.3, -0.25) is 9.78 Å². The third-order valence-corrected chi connectivity index (χ3v) is 5.50.